The predicted octanol–water partition coefficient (Wildman–Crippen LogP) is 3.09. The monoisotopic (exact) mass is 351 g/mol. The number of nitrogens with one attached hydrogen (secondary N) is 1. The van der Waals surface area contributed by atoms with Gasteiger partial charge in [-0.05, 0) is 38.1 Å². The lowest BCUT2D eigenvalue weighted by atomic mass is 10.1. The van der Waals surface area contributed by atoms with Gasteiger partial charge in [-0.1, -0.05) is 18.2 Å². The lowest BCUT2D eigenvalue weighted by Crippen LogP contribution is -2.40. The summed E-state index contributed by atoms with van der Waals surface area (Å²) in [7, 11) is 0. The van der Waals surface area contributed by atoms with Crippen LogP contribution in [0.3, 0.4) is 0 Å². The van der Waals surface area contributed by atoms with E-state index in [1.807, 2.05) is 38.1 Å². The van der Waals surface area contributed by atoms with Gasteiger partial charge < -0.3 is 14.6 Å². The fraction of sp³-hybridized carbons (Fsp3) is 0.250. The van der Waals surface area contributed by atoms with Crippen molar-refractivity contribution in [2.45, 2.75) is 13.8 Å². The minimum atomic E-state index is -0.204. The number of carbonyl (C=O) groups excluding carboxylic acids is 2. The Morgan fingerprint density at radius 2 is 1.96 bits per heavy atom. The fourth-order valence-corrected chi connectivity index (χ4v) is 2.83. The molecule has 2 heterocycles. The maximum absolute atomic E-state index is 13.1. The van der Waals surface area contributed by atoms with Crippen LogP contribution in [0, 0.1) is 0 Å². The van der Waals surface area contributed by atoms with Crippen LogP contribution in [-0.2, 0) is 4.79 Å². The fourth-order valence-electron chi connectivity index (χ4n) is 2.83. The molecule has 6 heteroatoms. The molecule has 0 aliphatic rings. The van der Waals surface area contributed by atoms with Crippen molar-refractivity contribution in [3.05, 3.63) is 54.3 Å². The number of carbonyl (C=O) groups is 2. The van der Waals surface area contributed by atoms with E-state index in [9.17, 15) is 9.59 Å². The number of benzene rings is 1. The second-order valence-corrected chi connectivity index (χ2v) is 5.82. The minimum Gasteiger partial charge on any atom is -0.463 e. The van der Waals surface area contributed by atoms with Gasteiger partial charge >= 0.3 is 0 Å². The molecule has 3 rings (SSSR count). The number of pyridine rings is 1. The van der Waals surface area contributed by atoms with Crippen LogP contribution in [0.1, 0.15) is 24.2 Å². The molecular formula is C20H21N3O3. The molecule has 6 nitrogen and oxygen atoms in total. The number of likely N-dealkylation sites (N-methyl/N-ethyl adjacent to an activating group) is 2. The summed E-state index contributed by atoms with van der Waals surface area (Å²) in [6.07, 6.45) is 1.57. The van der Waals surface area contributed by atoms with Gasteiger partial charge in [0, 0.05) is 18.5 Å². The van der Waals surface area contributed by atoms with Crippen LogP contribution in [0.2, 0.25) is 0 Å². The summed E-state index contributed by atoms with van der Waals surface area (Å²) in [5, 5.41) is 3.48. The highest BCUT2D eigenvalue weighted by atomic mass is 16.3. The Morgan fingerprint density at radius 3 is 2.65 bits per heavy atom. The first kappa shape index (κ1) is 17.7. The van der Waals surface area contributed by atoms with Gasteiger partial charge in [0.1, 0.15) is 5.69 Å². The third-order valence-electron chi connectivity index (χ3n) is 4.10. The van der Waals surface area contributed by atoms with Gasteiger partial charge in [0.25, 0.3) is 5.91 Å². The Bertz CT molecular complexity index is 919. The zero-order valence-electron chi connectivity index (χ0n) is 14.9. The molecular weight excluding hydrogens is 330 g/mol. The number of hydrogen-bond donors (Lipinski definition) is 1. The highest BCUT2D eigenvalue weighted by molar-refractivity contribution is 6.07. The van der Waals surface area contributed by atoms with Gasteiger partial charge in [0.05, 0.1) is 23.9 Å². The van der Waals surface area contributed by atoms with Crippen LogP contribution in [0.5, 0.6) is 0 Å². The highest BCUT2D eigenvalue weighted by Gasteiger charge is 2.21. The van der Waals surface area contributed by atoms with Crippen molar-refractivity contribution in [1.29, 1.82) is 0 Å². The highest BCUT2D eigenvalue weighted by Crippen LogP contribution is 2.26. The quantitative estimate of drug-likeness (QED) is 0.740. The zero-order valence-corrected chi connectivity index (χ0v) is 14.9. The number of hydrogen-bond acceptors (Lipinski definition) is 4. The van der Waals surface area contributed by atoms with Crippen molar-refractivity contribution < 1.29 is 14.0 Å². The number of fused-ring (bicyclic) bond motifs is 1. The molecule has 0 unspecified atom stereocenters. The number of aromatic nitrogens is 1. The average molecular weight is 351 g/mol. The van der Waals surface area contributed by atoms with Crippen LogP contribution in [-0.4, -0.2) is 41.3 Å². The Morgan fingerprint density at radius 1 is 1.15 bits per heavy atom. The van der Waals surface area contributed by atoms with Gasteiger partial charge in [-0.3, -0.25) is 9.59 Å². The third kappa shape index (κ3) is 3.59. The molecule has 26 heavy (non-hydrogen) atoms. The summed E-state index contributed by atoms with van der Waals surface area (Å²) in [5.41, 5.74) is 1.80. The summed E-state index contributed by atoms with van der Waals surface area (Å²) >= 11 is 0. The summed E-state index contributed by atoms with van der Waals surface area (Å²) in [4.78, 5) is 31.2. The van der Waals surface area contributed by atoms with Gasteiger partial charge in [-0.2, -0.15) is 0 Å². The van der Waals surface area contributed by atoms with Gasteiger partial charge in [-0.25, -0.2) is 4.98 Å². The van der Waals surface area contributed by atoms with E-state index in [0.717, 1.165) is 5.39 Å². The first-order valence-corrected chi connectivity index (χ1v) is 8.63. The Balaban J connectivity index is 2.04. The normalized spacial score (nSPS) is 10.7. The Labute approximate surface area is 151 Å². The number of amides is 2. The van der Waals surface area contributed by atoms with Crippen molar-refractivity contribution >= 4 is 22.7 Å². The van der Waals surface area contributed by atoms with Crippen molar-refractivity contribution in [2.75, 3.05) is 19.6 Å². The van der Waals surface area contributed by atoms with E-state index in [1.54, 1.807) is 24.5 Å². The Kier molecular flexibility index (Phi) is 5.31. The lowest BCUT2D eigenvalue weighted by molar-refractivity contribution is -0.121. The molecule has 0 aliphatic carbocycles. The van der Waals surface area contributed by atoms with Crippen LogP contribution in [0.15, 0.2) is 53.1 Å². The van der Waals surface area contributed by atoms with Crippen LogP contribution < -0.4 is 5.32 Å². The maximum Gasteiger partial charge on any atom is 0.255 e. The van der Waals surface area contributed by atoms with Crippen molar-refractivity contribution in [3.8, 4) is 11.5 Å². The molecule has 0 radical (unpaired) electrons. The van der Waals surface area contributed by atoms with E-state index in [-0.39, 0.29) is 18.4 Å². The molecule has 0 atom stereocenters. The van der Waals surface area contributed by atoms with Gasteiger partial charge in [0.15, 0.2) is 5.76 Å². The molecule has 0 saturated heterocycles. The van der Waals surface area contributed by atoms with Crippen molar-refractivity contribution in [1.82, 2.24) is 15.2 Å². The molecule has 0 fully saturated rings. The Hall–Kier alpha value is -3.15. The molecule has 134 valence electrons. The second kappa shape index (κ2) is 7.82. The third-order valence-corrected chi connectivity index (χ3v) is 4.10. The minimum absolute atomic E-state index is 0.0237. The summed E-state index contributed by atoms with van der Waals surface area (Å²) in [5.74, 6) is 0.217. The van der Waals surface area contributed by atoms with Crippen LogP contribution in [0.4, 0.5) is 0 Å². The molecule has 0 bridgehead atoms. The van der Waals surface area contributed by atoms with E-state index in [4.69, 9.17) is 4.42 Å². The zero-order chi connectivity index (χ0) is 18.5. The molecule has 1 N–H and O–H groups in total. The van der Waals surface area contributed by atoms with E-state index >= 15 is 0 Å². The molecule has 0 spiro atoms. The van der Waals surface area contributed by atoms with Crippen molar-refractivity contribution in [3.63, 3.8) is 0 Å². The van der Waals surface area contributed by atoms with E-state index in [2.05, 4.69) is 10.3 Å². The number of nitrogens with zero attached hydrogens (tertiary/aromatic N) is 2. The predicted molar refractivity (Wildman–Crippen MR) is 99.7 cm³/mol. The SMILES string of the molecule is CCNC(=O)CN(CC)C(=O)c1cc(-c2ccco2)nc2ccccc12. The van der Waals surface area contributed by atoms with E-state index in [1.165, 1.54) is 4.90 Å². The smallest absolute Gasteiger partial charge is 0.255 e. The van der Waals surface area contributed by atoms with Crippen LogP contribution in [0.25, 0.3) is 22.4 Å². The first-order valence-electron chi connectivity index (χ1n) is 8.63. The molecule has 2 aromatic heterocycles. The van der Waals surface area contributed by atoms with Gasteiger partial charge in [-0.15, -0.1) is 0 Å². The average Bonchev–Trinajstić information content (AvgIpc) is 3.19. The number of rotatable bonds is 6. The summed E-state index contributed by atoms with van der Waals surface area (Å²) < 4.78 is 5.43. The lowest BCUT2D eigenvalue weighted by Gasteiger charge is -2.21. The molecule has 0 aliphatic heterocycles. The summed E-state index contributed by atoms with van der Waals surface area (Å²) in [6, 6.07) is 12.8. The molecule has 2 amide bonds. The molecule has 1 aromatic carbocycles. The molecule has 3 aromatic rings. The number of para-hydroxylation sites is 1. The topological polar surface area (TPSA) is 75.4 Å². The standard InChI is InChI=1S/C20H21N3O3/c1-3-21-19(24)13-23(4-2)20(25)15-12-17(18-10-7-11-26-18)22-16-9-6-5-8-14(15)16/h5-12H,3-4,13H2,1-2H3,(H,21,24). The summed E-state index contributed by atoms with van der Waals surface area (Å²) in [6.45, 7) is 4.69. The maximum atomic E-state index is 13.1. The van der Waals surface area contributed by atoms with Crippen LogP contribution >= 0.6 is 0 Å². The van der Waals surface area contributed by atoms with Gasteiger partial charge in [0.2, 0.25) is 5.91 Å². The number of furan rings is 1. The largest absolute Gasteiger partial charge is 0.463 e. The second-order valence-electron chi connectivity index (χ2n) is 5.82. The molecule has 0 saturated carbocycles. The first-order chi connectivity index (χ1) is 12.6. The van der Waals surface area contributed by atoms with E-state index in [0.29, 0.717) is 35.6 Å². The van der Waals surface area contributed by atoms with E-state index < -0.39 is 0 Å². The van der Waals surface area contributed by atoms with Crippen molar-refractivity contribution in [2.24, 2.45) is 0 Å².